The van der Waals surface area contributed by atoms with Crippen molar-refractivity contribution < 1.29 is 57.3 Å². The van der Waals surface area contributed by atoms with Crippen LogP contribution in [0, 0.1) is 29.6 Å². The first-order valence-electron chi connectivity index (χ1n) is 30.8. The van der Waals surface area contributed by atoms with Gasteiger partial charge >= 0.3 is 23.9 Å². The van der Waals surface area contributed by atoms with E-state index >= 15 is 0 Å². The average molecular weight is 1090 g/mol. The van der Waals surface area contributed by atoms with Crippen LogP contribution in [-0.2, 0) is 57.3 Å². The highest BCUT2D eigenvalue weighted by atomic mass is 16.5. The number of nitrogens with one attached hydrogen (secondary N) is 4. The third-order valence-electron chi connectivity index (χ3n) is 14.9. The van der Waals surface area contributed by atoms with Crippen molar-refractivity contribution in [3.05, 3.63) is 0 Å². The van der Waals surface area contributed by atoms with E-state index in [1.165, 1.54) is 103 Å². The molecular weight excluding hydrogens is 981 g/mol. The summed E-state index contributed by atoms with van der Waals surface area (Å²) in [7, 11) is 0. The van der Waals surface area contributed by atoms with Gasteiger partial charge in [0.15, 0.2) is 0 Å². The zero-order valence-electron chi connectivity index (χ0n) is 49.8. The zero-order valence-corrected chi connectivity index (χ0v) is 49.8. The first-order chi connectivity index (χ1) is 37.0. The highest BCUT2D eigenvalue weighted by Gasteiger charge is 2.32. The summed E-state index contributed by atoms with van der Waals surface area (Å²) in [5.41, 5.74) is 0. The number of amides is 4. The van der Waals surface area contributed by atoms with Crippen molar-refractivity contribution in [2.45, 2.75) is 286 Å². The van der Waals surface area contributed by atoms with Crippen LogP contribution in [0.4, 0.5) is 0 Å². The lowest BCUT2D eigenvalue weighted by Crippen LogP contribution is -2.35. The summed E-state index contributed by atoms with van der Waals surface area (Å²) in [6, 6.07) is -1.65. The molecule has 4 aliphatic rings. The average Bonchev–Trinajstić information content (AvgIpc) is 4.26. The van der Waals surface area contributed by atoms with Crippen molar-refractivity contribution in [3.8, 4) is 0 Å². The summed E-state index contributed by atoms with van der Waals surface area (Å²) in [4.78, 5) is 91.0. The van der Waals surface area contributed by atoms with Crippen LogP contribution in [0.2, 0.25) is 0 Å². The minimum Gasteiger partial charge on any atom is -0.464 e. The lowest BCUT2D eigenvalue weighted by Gasteiger charge is -2.18. The second kappa shape index (κ2) is 44.6. The van der Waals surface area contributed by atoms with Gasteiger partial charge in [0.2, 0.25) is 23.6 Å². The molecule has 0 aromatic rings. The van der Waals surface area contributed by atoms with Crippen LogP contribution < -0.4 is 21.3 Å². The highest BCUT2D eigenvalue weighted by molar-refractivity contribution is 5.89. The van der Waals surface area contributed by atoms with Gasteiger partial charge in [-0.05, 0) is 87.4 Å². The maximum Gasteiger partial charge on any atom is 0.328 e. The van der Waals surface area contributed by atoms with E-state index in [1.807, 2.05) is 0 Å². The number of hydrogen-bond donors (Lipinski definition) is 4. The molecule has 0 aliphatic carbocycles. The van der Waals surface area contributed by atoms with Gasteiger partial charge in [-0.15, -0.1) is 0 Å². The van der Waals surface area contributed by atoms with E-state index in [2.05, 4.69) is 83.6 Å². The Labute approximate surface area is 466 Å². The lowest BCUT2D eigenvalue weighted by atomic mass is 9.95. The van der Waals surface area contributed by atoms with Gasteiger partial charge < -0.3 is 40.2 Å². The number of carbonyl (C=O) groups excluding carboxylic acids is 8. The fraction of sp³-hybridized carbons (Fsp3) is 0.869. The Bertz CT molecular complexity index is 1660. The SMILES string of the molecule is CC(C)CCCC(C)CCOC(=O)[C@@H]1CCC(=O)N1.CCCCC(C)COC(=O)[C@@H]1CCC(=O)N1.CCCCC(CC)COC(=O)[C@@H]1CCC(=O)N1.CCCCCCCCC(CCCCCC)COC(=O)[C@@H]1CCC(=O)N1. The normalized spacial score (nSPS) is 20.1. The Hall–Kier alpha value is -4.24. The van der Waals surface area contributed by atoms with E-state index in [9.17, 15) is 38.4 Å². The molecule has 4 unspecified atom stereocenters. The summed E-state index contributed by atoms with van der Waals surface area (Å²) in [6.45, 7) is 21.6. The Morgan fingerprint density at radius 2 is 0.740 bits per heavy atom. The van der Waals surface area contributed by atoms with Crippen LogP contribution >= 0.6 is 0 Å². The Morgan fingerprint density at radius 3 is 1.14 bits per heavy atom. The third-order valence-corrected chi connectivity index (χ3v) is 14.9. The molecule has 4 rings (SSSR count). The third kappa shape index (κ3) is 35.8. The summed E-state index contributed by atoms with van der Waals surface area (Å²) in [5.74, 6) is 1.41. The van der Waals surface area contributed by atoms with Crippen molar-refractivity contribution >= 4 is 47.5 Å². The molecule has 16 heteroatoms. The first-order valence-corrected chi connectivity index (χ1v) is 30.8. The predicted molar refractivity (Wildman–Crippen MR) is 303 cm³/mol. The lowest BCUT2D eigenvalue weighted by molar-refractivity contribution is -0.148. The molecule has 4 amide bonds. The fourth-order valence-electron chi connectivity index (χ4n) is 9.49. The minimum absolute atomic E-state index is 0.0369. The molecule has 0 radical (unpaired) electrons. The van der Waals surface area contributed by atoms with Crippen LogP contribution in [0.15, 0.2) is 0 Å². The van der Waals surface area contributed by atoms with Gasteiger partial charge in [-0.1, -0.05) is 178 Å². The molecule has 8 atom stereocenters. The molecule has 4 fully saturated rings. The van der Waals surface area contributed by atoms with Crippen LogP contribution in [0.3, 0.4) is 0 Å². The predicted octanol–water partition coefficient (Wildman–Crippen LogP) is 11.5. The molecule has 0 saturated carbocycles. The molecule has 16 nitrogen and oxygen atoms in total. The van der Waals surface area contributed by atoms with Gasteiger partial charge in [-0.3, -0.25) is 19.2 Å². The van der Waals surface area contributed by atoms with E-state index in [4.69, 9.17) is 18.9 Å². The van der Waals surface area contributed by atoms with E-state index in [0.717, 1.165) is 50.9 Å². The quantitative estimate of drug-likeness (QED) is 0.0261. The van der Waals surface area contributed by atoms with Crippen molar-refractivity contribution in [1.29, 1.82) is 0 Å². The number of esters is 4. The van der Waals surface area contributed by atoms with E-state index < -0.39 is 24.2 Å². The van der Waals surface area contributed by atoms with Crippen LogP contribution in [0.25, 0.3) is 0 Å². The summed E-state index contributed by atoms with van der Waals surface area (Å²) >= 11 is 0. The Balaban J connectivity index is 0.000000521. The highest BCUT2D eigenvalue weighted by Crippen LogP contribution is 2.22. The monoisotopic (exact) mass is 1090 g/mol. The van der Waals surface area contributed by atoms with E-state index in [1.54, 1.807) is 0 Å². The van der Waals surface area contributed by atoms with Gasteiger partial charge in [0.1, 0.15) is 24.2 Å². The van der Waals surface area contributed by atoms with Gasteiger partial charge in [-0.25, -0.2) is 19.2 Å². The topological polar surface area (TPSA) is 222 Å². The summed E-state index contributed by atoms with van der Waals surface area (Å²) < 4.78 is 21.2. The molecular formula is C61H110N4O12. The standard InChI is InChI=1S/C21H39NO3.C15H27NO3.C13H23NO3.C12H21NO3/c1-3-5-7-9-10-12-14-18(13-11-8-6-4-2)17-25-21(24)19-15-16-20(23)22-19;1-11(2)5-4-6-12(3)9-10-19-15(18)13-7-8-14(17)16-13;1-3-5-6-10(4-2)9-17-13(16)11-7-8-12(15)14-11;1-3-4-5-9(2)8-16-12(15)10-6-7-11(14)13-10/h18-19H,3-17H2,1-2H3,(H,22,23);11-13H,4-10H2,1-3H3,(H,16,17);10-11H,3-9H2,1-2H3,(H,14,15);9-10H,3-8H2,1-2H3,(H,13,14)/t18?,19-;12?,13-;10?,11-;9?,10-/m0000/s1. The number of unbranched alkanes of at least 4 members (excludes halogenated alkanes) is 10. The summed E-state index contributed by atoms with van der Waals surface area (Å²) in [6.07, 6.45) is 31.7. The molecule has 4 N–H and O–H groups in total. The molecule has 446 valence electrons. The number of carbonyl (C=O) groups is 8. The van der Waals surface area contributed by atoms with Gasteiger partial charge in [0.25, 0.3) is 0 Å². The zero-order chi connectivity index (χ0) is 57.2. The molecule has 0 spiro atoms. The van der Waals surface area contributed by atoms with Crippen molar-refractivity contribution in [2.75, 3.05) is 26.4 Å². The van der Waals surface area contributed by atoms with Crippen LogP contribution in [0.1, 0.15) is 261 Å². The van der Waals surface area contributed by atoms with E-state index in [0.29, 0.717) is 101 Å². The fourth-order valence-corrected chi connectivity index (χ4v) is 9.49. The smallest absolute Gasteiger partial charge is 0.328 e. The maximum atomic E-state index is 12.1. The summed E-state index contributed by atoms with van der Waals surface area (Å²) in [5, 5.41) is 10.6. The number of rotatable bonds is 36. The second-order valence-corrected chi connectivity index (χ2v) is 22.8. The van der Waals surface area contributed by atoms with Crippen molar-refractivity contribution in [1.82, 2.24) is 21.3 Å². The molecule has 4 saturated heterocycles. The van der Waals surface area contributed by atoms with Crippen LogP contribution in [0.5, 0.6) is 0 Å². The van der Waals surface area contributed by atoms with Crippen LogP contribution in [-0.4, -0.2) is 98.1 Å². The van der Waals surface area contributed by atoms with Crippen molar-refractivity contribution in [2.24, 2.45) is 29.6 Å². The number of ether oxygens (including phenoxy) is 4. The second-order valence-electron chi connectivity index (χ2n) is 22.8. The molecule has 4 aliphatic heterocycles. The molecule has 0 aromatic heterocycles. The molecule has 0 aromatic carbocycles. The molecule has 4 heterocycles. The molecule has 0 bridgehead atoms. The van der Waals surface area contributed by atoms with Gasteiger partial charge in [0.05, 0.1) is 26.4 Å². The molecule has 77 heavy (non-hydrogen) atoms. The van der Waals surface area contributed by atoms with Gasteiger partial charge in [-0.2, -0.15) is 0 Å². The van der Waals surface area contributed by atoms with Gasteiger partial charge in [0, 0.05) is 25.7 Å². The Kier molecular flexibility index (Phi) is 41.0. The van der Waals surface area contributed by atoms with Crippen molar-refractivity contribution in [3.63, 3.8) is 0 Å². The van der Waals surface area contributed by atoms with E-state index in [-0.39, 0.29) is 47.5 Å². The largest absolute Gasteiger partial charge is 0.464 e. The number of hydrogen-bond acceptors (Lipinski definition) is 12. The first kappa shape index (κ1) is 70.8. The minimum atomic E-state index is -0.415. The maximum absolute atomic E-state index is 12.1. The Morgan fingerprint density at radius 1 is 0.390 bits per heavy atom.